The number of hydrogen-bond donors (Lipinski definition) is 1. The number of carbonyl (C=O) groups excluding carboxylic acids is 3. The zero-order chi connectivity index (χ0) is 18.1. The summed E-state index contributed by atoms with van der Waals surface area (Å²) in [6.45, 7) is 6.55. The van der Waals surface area contributed by atoms with Crippen LogP contribution in [0.4, 0.5) is 0 Å². The van der Waals surface area contributed by atoms with E-state index in [1.54, 1.807) is 0 Å². The van der Waals surface area contributed by atoms with Gasteiger partial charge in [-0.2, -0.15) is 0 Å². The smallest absolute Gasteiger partial charge is 0.240 e. The molecule has 5 atom stereocenters. The summed E-state index contributed by atoms with van der Waals surface area (Å²) in [7, 11) is 0. The molecule has 1 saturated heterocycles. The molecule has 3 rings (SSSR count). The summed E-state index contributed by atoms with van der Waals surface area (Å²) in [5, 5.41) is 3.14. The zero-order valence-corrected chi connectivity index (χ0v) is 15.8. The molecule has 0 aromatic heterocycles. The fourth-order valence-corrected chi connectivity index (χ4v) is 5.15. The number of nitrogens with one attached hydrogen (secondary N) is 1. The van der Waals surface area contributed by atoms with Gasteiger partial charge in [0, 0.05) is 6.04 Å². The number of carbonyl (C=O) groups is 3. The molecular weight excluding hydrogens is 316 g/mol. The van der Waals surface area contributed by atoms with Crippen LogP contribution in [0.3, 0.4) is 0 Å². The van der Waals surface area contributed by atoms with Gasteiger partial charge in [-0.15, -0.1) is 0 Å². The fourth-order valence-electron chi connectivity index (χ4n) is 5.15. The van der Waals surface area contributed by atoms with Gasteiger partial charge in [0.05, 0.1) is 11.8 Å². The monoisotopic (exact) mass is 348 g/mol. The Kier molecular flexibility index (Phi) is 5.49. The van der Waals surface area contributed by atoms with Crippen LogP contribution in [0, 0.1) is 29.6 Å². The maximum Gasteiger partial charge on any atom is 0.240 e. The molecule has 1 aliphatic heterocycles. The summed E-state index contributed by atoms with van der Waals surface area (Å²) >= 11 is 0. The number of rotatable bonds is 4. The van der Waals surface area contributed by atoms with Gasteiger partial charge in [0.1, 0.15) is 6.54 Å². The van der Waals surface area contributed by atoms with Crippen LogP contribution >= 0.6 is 0 Å². The van der Waals surface area contributed by atoms with Crippen LogP contribution < -0.4 is 5.32 Å². The first-order valence-electron chi connectivity index (χ1n) is 10.0. The molecule has 1 N–H and O–H groups in total. The fraction of sp³-hybridized carbons (Fsp3) is 0.850. The summed E-state index contributed by atoms with van der Waals surface area (Å²) in [4.78, 5) is 38.9. The van der Waals surface area contributed by atoms with Crippen molar-refractivity contribution in [2.45, 2.75) is 71.8 Å². The highest BCUT2D eigenvalue weighted by Crippen LogP contribution is 2.38. The molecule has 5 heteroatoms. The molecule has 1 heterocycles. The minimum atomic E-state index is -0.176. The Morgan fingerprint density at radius 2 is 1.68 bits per heavy atom. The first kappa shape index (κ1) is 18.4. The van der Waals surface area contributed by atoms with Gasteiger partial charge in [0.2, 0.25) is 17.7 Å². The van der Waals surface area contributed by atoms with E-state index < -0.39 is 0 Å². The highest BCUT2D eigenvalue weighted by atomic mass is 16.2. The average molecular weight is 348 g/mol. The van der Waals surface area contributed by atoms with Crippen LogP contribution in [0.15, 0.2) is 0 Å². The second-order valence-electron chi connectivity index (χ2n) is 8.76. The Morgan fingerprint density at radius 1 is 1.08 bits per heavy atom. The largest absolute Gasteiger partial charge is 0.352 e. The van der Waals surface area contributed by atoms with Crippen molar-refractivity contribution in [2.75, 3.05) is 6.54 Å². The third-order valence-electron chi connectivity index (χ3n) is 6.60. The number of amides is 3. The first-order valence-corrected chi connectivity index (χ1v) is 10.0. The first-order chi connectivity index (χ1) is 11.9. The minimum absolute atomic E-state index is 0.0969. The normalized spacial score (nSPS) is 35.8. The van der Waals surface area contributed by atoms with E-state index in [4.69, 9.17) is 0 Å². The minimum Gasteiger partial charge on any atom is -0.352 e. The average Bonchev–Trinajstić information content (AvgIpc) is 2.80. The lowest BCUT2D eigenvalue weighted by atomic mass is 9.74. The molecule has 3 fully saturated rings. The molecule has 5 unspecified atom stereocenters. The van der Waals surface area contributed by atoms with E-state index in [-0.39, 0.29) is 42.1 Å². The van der Waals surface area contributed by atoms with Gasteiger partial charge in [-0.25, -0.2) is 0 Å². The maximum atomic E-state index is 12.6. The Morgan fingerprint density at radius 3 is 2.24 bits per heavy atom. The standard InChI is InChI=1S/C20H32N2O3/c1-12(2)14-9-8-13(3)10-17(14)21-18(23)11-22-19(24)15-6-4-5-7-16(15)20(22)25/h12-17H,4-11H2,1-3H3,(H,21,23). The van der Waals surface area contributed by atoms with Gasteiger partial charge in [0.15, 0.2) is 0 Å². The molecule has 0 radical (unpaired) electrons. The van der Waals surface area contributed by atoms with Crippen molar-refractivity contribution in [1.82, 2.24) is 10.2 Å². The van der Waals surface area contributed by atoms with Gasteiger partial charge < -0.3 is 5.32 Å². The highest BCUT2D eigenvalue weighted by Gasteiger charge is 2.48. The Labute approximate surface area is 150 Å². The van der Waals surface area contributed by atoms with Crippen molar-refractivity contribution in [1.29, 1.82) is 0 Å². The van der Waals surface area contributed by atoms with Crippen LogP contribution in [0.1, 0.15) is 65.7 Å². The lowest BCUT2D eigenvalue weighted by molar-refractivity contribution is -0.144. The van der Waals surface area contributed by atoms with Crippen LogP contribution in [0.2, 0.25) is 0 Å². The third kappa shape index (κ3) is 3.75. The van der Waals surface area contributed by atoms with Crippen molar-refractivity contribution in [3.63, 3.8) is 0 Å². The van der Waals surface area contributed by atoms with Crippen molar-refractivity contribution in [3.05, 3.63) is 0 Å². The van der Waals surface area contributed by atoms with Crippen molar-refractivity contribution in [2.24, 2.45) is 29.6 Å². The molecule has 3 aliphatic rings. The second kappa shape index (κ2) is 7.46. The third-order valence-corrected chi connectivity index (χ3v) is 6.60. The molecule has 5 nitrogen and oxygen atoms in total. The summed E-state index contributed by atoms with van der Waals surface area (Å²) in [5.74, 6) is 0.843. The van der Waals surface area contributed by atoms with Crippen LogP contribution in [0.25, 0.3) is 0 Å². The van der Waals surface area contributed by atoms with Crippen molar-refractivity contribution < 1.29 is 14.4 Å². The van der Waals surface area contributed by atoms with E-state index in [2.05, 4.69) is 26.1 Å². The lowest BCUT2D eigenvalue weighted by Gasteiger charge is -2.38. The van der Waals surface area contributed by atoms with Gasteiger partial charge in [0.25, 0.3) is 0 Å². The number of hydrogen-bond acceptors (Lipinski definition) is 3. The summed E-state index contributed by atoms with van der Waals surface area (Å²) in [5.41, 5.74) is 0. The molecule has 140 valence electrons. The van der Waals surface area contributed by atoms with E-state index in [9.17, 15) is 14.4 Å². The van der Waals surface area contributed by atoms with Crippen LogP contribution in [-0.2, 0) is 14.4 Å². The quantitative estimate of drug-likeness (QED) is 0.795. The topological polar surface area (TPSA) is 66.5 Å². The Balaban J connectivity index is 1.61. The number of fused-ring (bicyclic) bond motifs is 1. The summed E-state index contributed by atoms with van der Waals surface area (Å²) in [6.07, 6.45) is 6.94. The maximum absolute atomic E-state index is 12.6. The Hall–Kier alpha value is -1.39. The lowest BCUT2D eigenvalue weighted by Crippen LogP contribution is -2.49. The predicted molar refractivity (Wildman–Crippen MR) is 95.4 cm³/mol. The van der Waals surface area contributed by atoms with Crippen LogP contribution in [0.5, 0.6) is 0 Å². The van der Waals surface area contributed by atoms with Gasteiger partial charge in [-0.3, -0.25) is 19.3 Å². The van der Waals surface area contributed by atoms with E-state index in [0.29, 0.717) is 17.8 Å². The highest BCUT2D eigenvalue weighted by molar-refractivity contribution is 6.07. The molecule has 0 aromatic rings. The van der Waals surface area contributed by atoms with Crippen molar-refractivity contribution >= 4 is 17.7 Å². The molecule has 25 heavy (non-hydrogen) atoms. The van der Waals surface area contributed by atoms with E-state index in [1.807, 2.05) is 0 Å². The SMILES string of the molecule is CC1CCC(C(C)C)C(NC(=O)CN2C(=O)C3CCCCC3C2=O)C1. The molecule has 0 bridgehead atoms. The van der Waals surface area contributed by atoms with Crippen LogP contribution in [-0.4, -0.2) is 35.2 Å². The number of likely N-dealkylation sites (tertiary alicyclic amines) is 1. The molecule has 0 aromatic carbocycles. The zero-order valence-electron chi connectivity index (χ0n) is 15.8. The van der Waals surface area contributed by atoms with Gasteiger partial charge >= 0.3 is 0 Å². The van der Waals surface area contributed by atoms with E-state index >= 15 is 0 Å². The second-order valence-corrected chi connectivity index (χ2v) is 8.76. The van der Waals surface area contributed by atoms with Gasteiger partial charge in [-0.05, 0) is 43.4 Å². The molecular formula is C20H32N2O3. The predicted octanol–water partition coefficient (Wildman–Crippen LogP) is 2.74. The summed E-state index contributed by atoms with van der Waals surface area (Å²) in [6, 6.07) is 0.159. The molecule has 2 saturated carbocycles. The number of imide groups is 1. The molecule has 2 aliphatic carbocycles. The molecule has 0 spiro atoms. The Bertz CT molecular complexity index is 521. The van der Waals surface area contributed by atoms with E-state index in [1.165, 1.54) is 11.3 Å². The van der Waals surface area contributed by atoms with E-state index in [0.717, 1.165) is 38.5 Å². The molecule has 3 amide bonds. The number of nitrogens with zero attached hydrogens (tertiary/aromatic N) is 1. The van der Waals surface area contributed by atoms with Crippen molar-refractivity contribution in [3.8, 4) is 0 Å². The van der Waals surface area contributed by atoms with Gasteiger partial charge in [-0.1, -0.05) is 40.0 Å². The summed E-state index contributed by atoms with van der Waals surface area (Å²) < 4.78 is 0.